The molecule has 232 valence electrons. The van der Waals surface area contributed by atoms with Crippen LogP contribution in [0.3, 0.4) is 0 Å². The molecule has 43 heavy (non-hydrogen) atoms. The van der Waals surface area contributed by atoms with Gasteiger partial charge >= 0.3 is 5.97 Å². The monoisotopic (exact) mass is 614 g/mol. The van der Waals surface area contributed by atoms with Gasteiger partial charge in [0.25, 0.3) is 11.8 Å². The Kier molecular flexibility index (Phi) is 13.4. The van der Waals surface area contributed by atoms with E-state index in [1.807, 2.05) is 30.3 Å². The number of carbonyl (C=O) groups excluding carboxylic acids is 5. The molecule has 0 aliphatic heterocycles. The molecule has 1 saturated carbocycles. The summed E-state index contributed by atoms with van der Waals surface area (Å²) in [7, 11) is 0. The minimum Gasteiger partial charge on any atom is -0.465 e. The van der Waals surface area contributed by atoms with Crippen molar-refractivity contribution in [2.75, 3.05) is 25.5 Å². The quantitative estimate of drug-likeness (QED) is 0.135. The molecule has 1 fully saturated rings. The van der Waals surface area contributed by atoms with E-state index in [1.165, 1.54) is 18.2 Å². The highest BCUT2D eigenvalue weighted by Gasteiger charge is 2.32. The molecule has 5 N–H and O–H groups in total. The van der Waals surface area contributed by atoms with Crippen molar-refractivity contribution in [1.82, 2.24) is 16.0 Å². The molecule has 0 aromatic heterocycles. The zero-order valence-electron chi connectivity index (χ0n) is 24.2. The van der Waals surface area contributed by atoms with E-state index in [0.29, 0.717) is 11.4 Å². The van der Waals surface area contributed by atoms with Gasteiger partial charge in [-0.25, -0.2) is 0 Å². The normalized spacial score (nSPS) is 14.7. The Morgan fingerprint density at radius 2 is 1.70 bits per heavy atom. The third-order valence-electron chi connectivity index (χ3n) is 7.13. The highest BCUT2D eigenvalue weighted by atomic mass is 35.5. The first-order valence-electron chi connectivity index (χ1n) is 14.4. The lowest BCUT2D eigenvalue weighted by Crippen LogP contribution is -2.56. The fourth-order valence-corrected chi connectivity index (χ4v) is 4.97. The summed E-state index contributed by atoms with van der Waals surface area (Å²) in [5.74, 6) is -3.76. The summed E-state index contributed by atoms with van der Waals surface area (Å²) in [5.41, 5.74) is 7.14. The highest BCUT2D eigenvalue weighted by molar-refractivity contribution is 6.38. The maximum absolute atomic E-state index is 13.6. The van der Waals surface area contributed by atoms with Crippen molar-refractivity contribution in [3.63, 3.8) is 0 Å². The van der Waals surface area contributed by atoms with Gasteiger partial charge in [0, 0.05) is 5.56 Å². The number of halogens is 1. The lowest BCUT2D eigenvalue weighted by Gasteiger charge is -2.28. The molecule has 0 radical (unpaired) electrons. The average molecular weight is 615 g/mol. The van der Waals surface area contributed by atoms with Gasteiger partial charge in [-0.2, -0.15) is 0 Å². The molecule has 3 amide bonds. The number of nitrogens with two attached hydrogens (primary N) is 1. The van der Waals surface area contributed by atoms with Crippen molar-refractivity contribution in [1.29, 1.82) is 0 Å². The standard InChI is InChI=1S/C31H39ClN4O7/c1-2-43-27(37)17-34-31(41)28(38)26(19-42-18-21-11-7-4-8-12-21)36-30(40)25(15-20-9-5-3-6-10-20)35-29(39)22-13-14-23(32)24(33)16-22/h4,7-8,11-14,16,20,25-26H,2-3,5-6,9-10,15,17-19,33H2,1H3,(H,34,41)(H,35,39)(H,36,40)/t25-,26?/m0/s1. The number of esters is 1. The number of benzene rings is 2. The second-order valence-electron chi connectivity index (χ2n) is 10.4. The van der Waals surface area contributed by atoms with Crippen LogP contribution in [0.15, 0.2) is 48.5 Å². The van der Waals surface area contributed by atoms with Crippen LogP contribution in [0.5, 0.6) is 0 Å². The lowest BCUT2D eigenvalue weighted by molar-refractivity contribution is -0.146. The molecular formula is C31H39ClN4O7. The maximum atomic E-state index is 13.6. The molecule has 0 saturated heterocycles. The minimum absolute atomic E-state index is 0.116. The van der Waals surface area contributed by atoms with Crippen LogP contribution < -0.4 is 21.7 Å². The average Bonchev–Trinajstić information content (AvgIpc) is 3.01. The molecule has 3 rings (SSSR count). The Labute approximate surface area is 256 Å². The van der Waals surface area contributed by atoms with Crippen molar-refractivity contribution in [3.8, 4) is 0 Å². The molecule has 1 aliphatic carbocycles. The first kappa shape index (κ1) is 33.5. The Morgan fingerprint density at radius 3 is 2.37 bits per heavy atom. The fraction of sp³-hybridized carbons (Fsp3) is 0.452. The van der Waals surface area contributed by atoms with E-state index in [-0.39, 0.29) is 37.0 Å². The summed E-state index contributed by atoms with van der Waals surface area (Å²) >= 11 is 6.00. The number of Topliss-reactive ketones (excluding diaryl/α,β-unsaturated/α-hetero) is 1. The van der Waals surface area contributed by atoms with E-state index < -0.39 is 48.1 Å². The summed E-state index contributed by atoms with van der Waals surface area (Å²) in [6, 6.07) is 11.2. The molecule has 1 unspecified atom stereocenters. The fourth-order valence-electron chi connectivity index (χ4n) is 4.85. The molecular weight excluding hydrogens is 576 g/mol. The SMILES string of the molecule is CCOC(=O)CNC(=O)C(=O)C(COCc1ccccc1)NC(=O)[C@H](CC1CCCCC1)NC(=O)c1ccc(Cl)c(N)c1. The largest absolute Gasteiger partial charge is 0.465 e. The van der Waals surface area contributed by atoms with Crippen LogP contribution in [0.25, 0.3) is 0 Å². The van der Waals surface area contributed by atoms with Crippen LogP contribution >= 0.6 is 11.6 Å². The van der Waals surface area contributed by atoms with Gasteiger partial charge in [-0.05, 0) is 43.0 Å². The van der Waals surface area contributed by atoms with E-state index in [1.54, 1.807) is 6.92 Å². The van der Waals surface area contributed by atoms with E-state index >= 15 is 0 Å². The predicted octanol–water partition coefficient (Wildman–Crippen LogP) is 2.94. The molecule has 12 heteroatoms. The van der Waals surface area contributed by atoms with Crippen LogP contribution in [-0.4, -0.2) is 61.3 Å². The Hall–Kier alpha value is -3.96. The van der Waals surface area contributed by atoms with Gasteiger partial charge in [0.2, 0.25) is 11.7 Å². The highest BCUT2D eigenvalue weighted by Crippen LogP contribution is 2.28. The van der Waals surface area contributed by atoms with Gasteiger partial charge < -0.3 is 31.2 Å². The van der Waals surface area contributed by atoms with Gasteiger partial charge in [-0.3, -0.25) is 24.0 Å². The van der Waals surface area contributed by atoms with Gasteiger partial charge in [0.05, 0.1) is 30.5 Å². The number of hydrogen-bond donors (Lipinski definition) is 4. The number of nitrogens with one attached hydrogen (secondary N) is 3. The van der Waals surface area contributed by atoms with Crippen molar-refractivity contribution >= 4 is 46.8 Å². The summed E-state index contributed by atoms with van der Waals surface area (Å²) in [6.45, 7) is 1.04. The lowest BCUT2D eigenvalue weighted by atomic mass is 9.84. The molecule has 0 heterocycles. The summed E-state index contributed by atoms with van der Waals surface area (Å²) in [4.78, 5) is 64.3. The number of ketones is 1. The van der Waals surface area contributed by atoms with Crippen molar-refractivity contribution in [2.24, 2.45) is 5.92 Å². The zero-order valence-corrected chi connectivity index (χ0v) is 25.0. The van der Waals surface area contributed by atoms with Crippen molar-refractivity contribution < 1.29 is 33.4 Å². The molecule has 11 nitrogen and oxygen atoms in total. The minimum atomic E-state index is -1.38. The van der Waals surface area contributed by atoms with Crippen LogP contribution in [0.2, 0.25) is 5.02 Å². The second kappa shape index (κ2) is 17.2. The maximum Gasteiger partial charge on any atom is 0.325 e. The molecule has 0 bridgehead atoms. The third kappa shape index (κ3) is 11.0. The van der Waals surface area contributed by atoms with Crippen molar-refractivity contribution in [3.05, 3.63) is 64.7 Å². The Bertz CT molecular complexity index is 1270. The predicted molar refractivity (Wildman–Crippen MR) is 161 cm³/mol. The first-order valence-corrected chi connectivity index (χ1v) is 14.8. The smallest absolute Gasteiger partial charge is 0.325 e. The molecule has 0 spiro atoms. The third-order valence-corrected chi connectivity index (χ3v) is 7.47. The number of carbonyl (C=O) groups is 5. The molecule has 2 atom stereocenters. The summed E-state index contributed by atoms with van der Waals surface area (Å²) in [6.07, 6.45) is 5.33. The Morgan fingerprint density at radius 1 is 0.977 bits per heavy atom. The number of amides is 3. The van der Waals surface area contributed by atoms with Crippen LogP contribution in [-0.2, 0) is 35.3 Å². The van der Waals surface area contributed by atoms with E-state index in [0.717, 1.165) is 37.7 Å². The first-order chi connectivity index (χ1) is 20.7. The van der Waals surface area contributed by atoms with Crippen LogP contribution in [0, 0.1) is 5.92 Å². The zero-order chi connectivity index (χ0) is 31.2. The van der Waals surface area contributed by atoms with E-state index in [9.17, 15) is 24.0 Å². The molecule has 2 aromatic rings. The van der Waals surface area contributed by atoms with Gasteiger partial charge in [-0.1, -0.05) is 74.0 Å². The van der Waals surface area contributed by atoms with Gasteiger partial charge in [0.15, 0.2) is 0 Å². The molecule has 1 aliphatic rings. The van der Waals surface area contributed by atoms with Gasteiger partial charge in [0.1, 0.15) is 18.6 Å². The van der Waals surface area contributed by atoms with Crippen molar-refractivity contribution in [2.45, 2.75) is 64.1 Å². The van der Waals surface area contributed by atoms with Gasteiger partial charge in [-0.15, -0.1) is 0 Å². The van der Waals surface area contributed by atoms with E-state index in [4.69, 9.17) is 26.8 Å². The Balaban J connectivity index is 1.76. The van der Waals surface area contributed by atoms with Crippen LogP contribution in [0.4, 0.5) is 5.69 Å². The topological polar surface area (TPSA) is 166 Å². The second-order valence-corrected chi connectivity index (χ2v) is 10.8. The number of hydrogen-bond acceptors (Lipinski definition) is 8. The number of nitrogen functional groups attached to an aromatic ring is 1. The van der Waals surface area contributed by atoms with Crippen LogP contribution in [0.1, 0.15) is 61.4 Å². The molecule has 2 aromatic carbocycles. The number of rotatable bonds is 15. The summed E-state index contributed by atoms with van der Waals surface area (Å²) in [5, 5.41) is 7.91. The number of ether oxygens (including phenoxy) is 2. The number of anilines is 1. The van der Waals surface area contributed by atoms with E-state index in [2.05, 4.69) is 16.0 Å². The summed E-state index contributed by atoms with van der Waals surface area (Å²) < 4.78 is 10.5.